The standard InChI is InChI=1S/C21H21N3/c1-23(2)19-15-9-14-18-20(19)24(22)21(18,16-10-5-3-6-11-16)17-12-7-4-8-13-17/h3-15H,22H2,1-2H3. The number of hydrogen-bond acceptors (Lipinski definition) is 3. The molecule has 3 nitrogen and oxygen atoms in total. The minimum atomic E-state index is -0.441. The lowest BCUT2D eigenvalue weighted by Gasteiger charge is -2.54. The third-order valence-electron chi connectivity index (χ3n) is 4.87. The summed E-state index contributed by atoms with van der Waals surface area (Å²) in [6.45, 7) is 0. The van der Waals surface area contributed by atoms with Crippen LogP contribution in [-0.4, -0.2) is 14.1 Å². The smallest absolute Gasteiger partial charge is 0.133 e. The Hall–Kier alpha value is -2.78. The van der Waals surface area contributed by atoms with Crippen LogP contribution in [0.2, 0.25) is 0 Å². The van der Waals surface area contributed by atoms with Crippen molar-refractivity contribution in [2.45, 2.75) is 5.54 Å². The minimum Gasteiger partial charge on any atom is -0.376 e. The van der Waals surface area contributed by atoms with E-state index < -0.39 is 5.54 Å². The van der Waals surface area contributed by atoms with Crippen molar-refractivity contribution in [1.29, 1.82) is 0 Å². The summed E-state index contributed by atoms with van der Waals surface area (Å²) in [5.41, 5.74) is 5.40. The normalized spacial score (nSPS) is 14.7. The molecular weight excluding hydrogens is 294 g/mol. The van der Waals surface area contributed by atoms with Gasteiger partial charge in [0, 0.05) is 19.7 Å². The van der Waals surface area contributed by atoms with Gasteiger partial charge in [-0.15, -0.1) is 0 Å². The van der Waals surface area contributed by atoms with E-state index in [9.17, 15) is 0 Å². The van der Waals surface area contributed by atoms with Gasteiger partial charge >= 0.3 is 0 Å². The number of para-hydroxylation sites is 1. The number of nitrogens with zero attached hydrogens (tertiary/aromatic N) is 2. The molecule has 0 aromatic heterocycles. The van der Waals surface area contributed by atoms with Crippen molar-refractivity contribution in [2.75, 3.05) is 24.0 Å². The van der Waals surface area contributed by atoms with Gasteiger partial charge in [0.25, 0.3) is 0 Å². The number of anilines is 2. The molecular formula is C21H21N3. The number of rotatable bonds is 3. The van der Waals surface area contributed by atoms with Gasteiger partial charge in [-0.1, -0.05) is 72.8 Å². The fraction of sp³-hybridized carbons (Fsp3) is 0.143. The molecule has 3 aromatic rings. The molecule has 1 aliphatic heterocycles. The van der Waals surface area contributed by atoms with Crippen LogP contribution in [0.5, 0.6) is 0 Å². The Morgan fingerprint density at radius 1 is 0.750 bits per heavy atom. The average Bonchev–Trinajstić information content (AvgIpc) is 2.63. The number of nitrogens with two attached hydrogens (primary N) is 1. The molecule has 1 aliphatic rings. The molecule has 1 heterocycles. The van der Waals surface area contributed by atoms with E-state index in [0.717, 1.165) is 11.4 Å². The Labute approximate surface area is 142 Å². The predicted molar refractivity (Wildman–Crippen MR) is 100 cm³/mol. The average molecular weight is 315 g/mol. The van der Waals surface area contributed by atoms with Crippen LogP contribution in [0, 0.1) is 0 Å². The zero-order chi connectivity index (χ0) is 16.7. The summed E-state index contributed by atoms with van der Waals surface area (Å²) in [6.07, 6.45) is 0. The highest BCUT2D eigenvalue weighted by Gasteiger charge is 2.52. The van der Waals surface area contributed by atoms with Gasteiger partial charge in [-0.2, -0.15) is 0 Å². The largest absolute Gasteiger partial charge is 0.376 e. The quantitative estimate of drug-likeness (QED) is 0.747. The summed E-state index contributed by atoms with van der Waals surface area (Å²) >= 11 is 0. The van der Waals surface area contributed by atoms with Gasteiger partial charge in [0.15, 0.2) is 0 Å². The van der Waals surface area contributed by atoms with Gasteiger partial charge in [-0.05, 0) is 17.2 Å². The van der Waals surface area contributed by atoms with E-state index in [0.29, 0.717) is 0 Å². The van der Waals surface area contributed by atoms with Gasteiger partial charge < -0.3 is 4.90 Å². The Balaban J connectivity index is 2.02. The number of fused-ring (bicyclic) bond motifs is 1. The highest BCUT2D eigenvalue weighted by atomic mass is 15.5. The summed E-state index contributed by atoms with van der Waals surface area (Å²) in [7, 11) is 4.10. The van der Waals surface area contributed by atoms with Crippen molar-refractivity contribution in [3.05, 3.63) is 95.6 Å². The molecule has 0 amide bonds. The molecule has 2 N–H and O–H groups in total. The van der Waals surface area contributed by atoms with E-state index in [4.69, 9.17) is 5.84 Å². The Kier molecular flexibility index (Phi) is 3.32. The highest BCUT2D eigenvalue weighted by Crippen LogP contribution is 2.56. The lowest BCUT2D eigenvalue weighted by atomic mass is 9.70. The van der Waals surface area contributed by atoms with Crippen molar-refractivity contribution in [3.8, 4) is 0 Å². The van der Waals surface area contributed by atoms with Crippen LogP contribution in [-0.2, 0) is 5.54 Å². The lowest BCUT2D eigenvalue weighted by Crippen LogP contribution is -2.60. The topological polar surface area (TPSA) is 32.5 Å². The summed E-state index contributed by atoms with van der Waals surface area (Å²) in [5, 5.41) is 1.92. The van der Waals surface area contributed by atoms with Crippen LogP contribution in [0.1, 0.15) is 16.7 Å². The minimum absolute atomic E-state index is 0.441. The van der Waals surface area contributed by atoms with E-state index >= 15 is 0 Å². The first-order valence-electron chi connectivity index (χ1n) is 8.14. The van der Waals surface area contributed by atoms with Gasteiger partial charge in [0.05, 0.1) is 11.4 Å². The molecule has 24 heavy (non-hydrogen) atoms. The van der Waals surface area contributed by atoms with Crippen LogP contribution in [0.4, 0.5) is 11.4 Å². The first-order valence-corrected chi connectivity index (χ1v) is 8.14. The second kappa shape index (κ2) is 5.39. The third-order valence-corrected chi connectivity index (χ3v) is 4.87. The summed E-state index contributed by atoms with van der Waals surface area (Å²) in [4.78, 5) is 2.11. The zero-order valence-corrected chi connectivity index (χ0v) is 14.0. The van der Waals surface area contributed by atoms with Crippen LogP contribution in [0.25, 0.3) is 0 Å². The van der Waals surface area contributed by atoms with E-state index in [1.54, 1.807) is 0 Å². The van der Waals surface area contributed by atoms with Crippen LogP contribution >= 0.6 is 0 Å². The molecule has 0 saturated carbocycles. The first kappa shape index (κ1) is 14.8. The van der Waals surface area contributed by atoms with Crippen molar-refractivity contribution >= 4 is 11.4 Å². The maximum atomic E-state index is 6.68. The van der Waals surface area contributed by atoms with Gasteiger partial charge in [0.1, 0.15) is 5.54 Å². The van der Waals surface area contributed by atoms with Gasteiger partial charge in [0.2, 0.25) is 0 Å². The van der Waals surface area contributed by atoms with Gasteiger partial charge in [-0.3, -0.25) is 5.01 Å². The summed E-state index contributed by atoms with van der Waals surface area (Å²) in [6, 6.07) is 27.4. The molecule has 120 valence electrons. The van der Waals surface area contributed by atoms with Crippen molar-refractivity contribution in [3.63, 3.8) is 0 Å². The monoisotopic (exact) mass is 315 g/mol. The number of hydrogen-bond donors (Lipinski definition) is 1. The number of hydrazine groups is 1. The molecule has 3 aromatic carbocycles. The molecule has 0 spiro atoms. The molecule has 3 heteroatoms. The molecule has 0 atom stereocenters. The number of benzene rings is 3. The molecule has 4 rings (SSSR count). The molecule has 0 radical (unpaired) electrons. The summed E-state index contributed by atoms with van der Waals surface area (Å²) < 4.78 is 0. The van der Waals surface area contributed by atoms with Gasteiger partial charge in [-0.25, -0.2) is 5.84 Å². The second-order valence-corrected chi connectivity index (χ2v) is 6.38. The SMILES string of the molecule is CN(C)c1cccc2c1N(N)C2(c1ccccc1)c1ccccc1. The maximum Gasteiger partial charge on any atom is 0.133 e. The highest BCUT2D eigenvalue weighted by molar-refractivity contribution is 5.87. The zero-order valence-electron chi connectivity index (χ0n) is 14.0. The summed E-state index contributed by atoms with van der Waals surface area (Å²) in [5.74, 6) is 6.68. The molecule has 0 saturated heterocycles. The lowest BCUT2D eigenvalue weighted by molar-refractivity contribution is 0.515. The molecule has 0 aliphatic carbocycles. The first-order chi connectivity index (χ1) is 11.7. The fourth-order valence-electron chi connectivity index (χ4n) is 3.80. The van der Waals surface area contributed by atoms with Crippen LogP contribution in [0.15, 0.2) is 78.9 Å². The van der Waals surface area contributed by atoms with Crippen LogP contribution < -0.4 is 15.8 Å². The van der Waals surface area contributed by atoms with E-state index in [1.807, 2.05) is 17.1 Å². The predicted octanol–water partition coefficient (Wildman–Crippen LogP) is 3.74. The van der Waals surface area contributed by atoms with Crippen molar-refractivity contribution in [1.82, 2.24) is 0 Å². The van der Waals surface area contributed by atoms with Crippen molar-refractivity contribution in [2.24, 2.45) is 5.84 Å². The Bertz CT molecular complexity index is 817. The van der Waals surface area contributed by atoms with Crippen molar-refractivity contribution < 1.29 is 0 Å². The maximum absolute atomic E-state index is 6.68. The molecule has 0 unspecified atom stereocenters. The third kappa shape index (κ3) is 1.82. The fourth-order valence-corrected chi connectivity index (χ4v) is 3.80. The van der Waals surface area contributed by atoms with Crippen LogP contribution in [0.3, 0.4) is 0 Å². The Morgan fingerprint density at radius 3 is 1.79 bits per heavy atom. The van der Waals surface area contributed by atoms with E-state index in [1.165, 1.54) is 16.7 Å². The van der Waals surface area contributed by atoms with E-state index in [2.05, 4.69) is 85.7 Å². The molecule has 0 bridgehead atoms. The Morgan fingerprint density at radius 2 is 1.29 bits per heavy atom. The van der Waals surface area contributed by atoms with E-state index in [-0.39, 0.29) is 0 Å². The molecule has 0 fully saturated rings. The second-order valence-electron chi connectivity index (χ2n) is 6.38.